The zero-order chi connectivity index (χ0) is 12.3. The lowest BCUT2D eigenvalue weighted by atomic mass is 10.4. The lowest BCUT2D eigenvalue weighted by Crippen LogP contribution is -2.01. The van der Waals surface area contributed by atoms with Crippen molar-refractivity contribution < 1.29 is 0 Å². The second-order valence-corrected chi connectivity index (χ2v) is 5.04. The summed E-state index contributed by atoms with van der Waals surface area (Å²) in [6.45, 7) is 2.19. The normalized spacial score (nSPS) is 11.2. The molecule has 6 heteroatoms. The maximum atomic E-state index is 5.89. The first-order chi connectivity index (χ1) is 8.22. The first-order valence-electron chi connectivity index (χ1n) is 5.74. The molecule has 0 aromatic carbocycles. The summed E-state index contributed by atoms with van der Waals surface area (Å²) < 4.78 is 1.73. The molecule has 0 aliphatic carbocycles. The fraction of sp³-hybridized carbons (Fsp3) is 0.545. The van der Waals surface area contributed by atoms with Gasteiger partial charge in [0.2, 0.25) is 0 Å². The van der Waals surface area contributed by atoms with Crippen molar-refractivity contribution in [2.45, 2.75) is 25.5 Å². The van der Waals surface area contributed by atoms with Crippen LogP contribution in [0.3, 0.4) is 0 Å². The van der Waals surface area contributed by atoms with E-state index in [0.717, 1.165) is 28.4 Å². The van der Waals surface area contributed by atoms with Crippen molar-refractivity contribution in [1.82, 2.24) is 19.7 Å². The predicted molar refractivity (Wildman–Crippen MR) is 71.8 cm³/mol. The largest absolute Gasteiger partial charge is 0.383 e. The van der Waals surface area contributed by atoms with E-state index >= 15 is 0 Å². The van der Waals surface area contributed by atoms with Crippen LogP contribution in [0.25, 0.3) is 11.0 Å². The Kier molecular flexibility index (Phi) is 3.83. The summed E-state index contributed by atoms with van der Waals surface area (Å²) in [5.74, 6) is 3.27. The third kappa shape index (κ3) is 2.69. The molecule has 92 valence electrons. The average Bonchev–Trinajstić information content (AvgIpc) is 2.68. The van der Waals surface area contributed by atoms with Crippen molar-refractivity contribution in [1.29, 1.82) is 0 Å². The van der Waals surface area contributed by atoms with E-state index < -0.39 is 0 Å². The van der Waals surface area contributed by atoms with Gasteiger partial charge in [0.15, 0.2) is 5.65 Å². The van der Waals surface area contributed by atoms with Gasteiger partial charge in [0.05, 0.1) is 17.3 Å². The minimum absolute atomic E-state index is 0.522. The zero-order valence-corrected chi connectivity index (χ0v) is 11.0. The van der Waals surface area contributed by atoms with Crippen molar-refractivity contribution in [2.75, 3.05) is 11.5 Å². The summed E-state index contributed by atoms with van der Waals surface area (Å²) in [6, 6.07) is 0. The third-order valence-electron chi connectivity index (χ3n) is 2.54. The molecule has 5 nitrogen and oxygen atoms in total. The number of thioether (sulfide) groups is 1. The molecule has 17 heavy (non-hydrogen) atoms. The number of hydrogen-bond acceptors (Lipinski definition) is 5. The fourth-order valence-electron chi connectivity index (χ4n) is 1.57. The number of aryl methyl sites for hydroxylation is 1. The first kappa shape index (κ1) is 12.2. The number of fused-ring (bicyclic) bond motifs is 1. The molecule has 0 radical (unpaired) electrons. The van der Waals surface area contributed by atoms with Gasteiger partial charge < -0.3 is 5.73 Å². The van der Waals surface area contributed by atoms with Crippen LogP contribution < -0.4 is 5.73 Å². The number of nitrogens with two attached hydrogens (primary N) is 1. The molecular weight excluding hydrogens is 234 g/mol. The Morgan fingerprint density at radius 3 is 3.00 bits per heavy atom. The van der Waals surface area contributed by atoms with E-state index in [1.54, 1.807) is 10.9 Å². The Hall–Kier alpha value is -1.30. The number of hydrogen-bond donors (Lipinski definition) is 1. The number of unbranched alkanes of at least 4 members (excludes halogenated alkanes) is 1. The highest BCUT2D eigenvalue weighted by Gasteiger charge is 2.08. The monoisotopic (exact) mass is 251 g/mol. The smallest absolute Gasteiger partial charge is 0.163 e. The predicted octanol–water partition coefficient (Wildman–Crippen LogP) is 1.98. The van der Waals surface area contributed by atoms with Gasteiger partial charge in [-0.05, 0) is 12.2 Å². The molecule has 2 N–H and O–H groups in total. The lowest BCUT2D eigenvalue weighted by molar-refractivity contribution is 0.782. The van der Waals surface area contributed by atoms with Crippen LogP contribution in [-0.4, -0.2) is 25.5 Å². The van der Waals surface area contributed by atoms with Gasteiger partial charge in [-0.1, -0.05) is 13.3 Å². The van der Waals surface area contributed by atoms with Gasteiger partial charge in [-0.2, -0.15) is 16.9 Å². The Morgan fingerprint density at radius 2 is 2.24 bits per heavy atom. The molecule has 2 aromatic heterocycles. The quantitative estimate of drug-likeness (QED) is 0.823. The van der Waals surface area contributed by atoms with E-state index in [2.05, 4.69) is 22.0 Å². The van der Waals surface area contributed by atoms with Crippen LogP contribution in [-0.2, 0) is 12.8 Å². The molecule has 0 unspecified atom stereocenters. The third-order valence-corrected chi connectivity index (χ3v) is 3.58. The summed E-state index contributed by atoms with van der Waals surface area (Å²) >= 11 is 1.85. The van der Waals surface area contributed by atoms with E-state index in [1.165, 1.54) is 12.8 Å². The fourth-order valence-corrected chi connectivity index (χ4v) is 2.51. The number of nitrogen functional groups attached to an aromatic ring is 1. The van der Waals surface area contributed by atoms with E-state index in [4.69, 9.17) is 5.73 Å². The summed E-state index contributed by atoms with van der Waals surface area (Å²) in [4.78, 5) is 8.79. The Labute approximate surface area is 105 Å². The lowest BCUT2D eigenvalue weighted by Gasteiger charge is -2.03. The molecule has 0 spiro atoms. The van der Waals surface area contributed by atoms with Crippen LogP contribution in [0, 0.1) is 0 Å². The molecular formula is C11H17N5S. The Morgan fingerprint density at radius 1 is 1.41 bits per heavy atom. The highest BCUT2D eigenvalue weighted by molar-refractivity contribution is 7.98. The van der Waals surface area contributed by atoms with Crippen LogP contribution in [0.4, 0.5) is 5.82 Å². The number of anilines is 1. The first-order valence-corrected chi connectivity index (χ1v) is 6.89. The second kappa shape index (κ2) is 5.35. The van der Waals surface area contributed by atoms with Gasteiger partial charge in [0, 0.05) is 7.05 Å². The van der Waals surface area contributed by atoms with Crippen molar-refractivity contribution >= 4 is 28.6 Å². The van der Waals surface area contributed by atoms with E-state index in [0.29, 0.717) is 5.82 Å². The van der Waals surface area contributed by atoms with Gasteiger partial charge in [-0.15, -0.1) is 0 Å². The van der Waals surface area contributed by atoms with E-state index in [1.807, 2.05) is 18.8 Å². The van der Waals surface area contributed by atoms with E-state index in [9.17, 15) is 0 Å². The molecule has 0 bridgehead atoms. The van der Waals surface area contributed by atoms with Gasteiger partial charge in [0.1, 0.15) is 11.6 Å². The average molecular weight is 251 g/mol. The summed E-state index contributed by atoms with van der Waals surface area (Å²) in [7, 11) is 1.86. The van der Waals surface area contributed by atoms with Crippen LogP contribution >= 0.6 is 11.8 Å². The number of nitrogens with zero attached hydrogens (tertiary/aromatic N) is 4. The number of rotatable bonds is 5. The van der Waals surface area contributed by atoms with Crippen LogP contribution in [0.2, 0.25) is 0 Å². The zero-order valence-electron chi connectivity index (χ0n) is 10.2. The van der Waals surface area contributed by atoms with Gasteiger partial charge in [-0.3, -0.25) is 4.68 Å². The molecule has 2 rings (SSSR count). The molecule has 0 amide bonds. The maximum Gasteiger partial charge on any atom is 0.163 e. The molecule has 0 fully saturated rings. The number of aromatic nitrogens is 4. The van der Waals surface area contributed by atoms with Gasteiger partial charge in [-0.25, -0.2) is 9.97 Å². The van der Waals surface area contributed by atoms with Crippen LogP contribution in [0.15, 0.2) is 6.20 Å². The highest BCUT2D eigenvalue weighted by Crippen LogP contribution is 2.19. The van der Waals surface area contributed by atoms with Crippen LogP contribution in [0.1, 0.15) is 25.6 Å². The minimum atomic E-state index is 0.522. The summed E-state index contributed by atoms with van der Waals surface area (Å²) in [5, 5.41) is 4.96. The molecule has 0 atom stereocenters. The summed E-state index contributed by atoms with van der Waals surface area (Å²) in [5.41, 5.74) is 6.70. The Balaban J connectivity index is 2.15. The molecule has 0 saturated heterocycles. The molecule has 2 aromatic rings. The molecule has 0 aliphatic heterocycles. The SMILES string of the molecule is CCCCSCc1nc(N)c2cnn(C)c2n1. The maximum absolute atomic E-state index is 5.89. The standard InChI is InChI=1S/C11H17N5S/c1-3-4-5-17-7-9-14-10(12)8-6-13-16(2)11(8)15-9/h6H,3-5,7H2,1-2H3,(H2,12,14,15). The molecule has 0 saturated carbocycles. The summed E-state index contributed by atoms with van der Waals surface area (Å²) in [6.07, 6.45) is 4.16. The second-order valence-electron chi connectivity index (χ2n) is 3.94. The topological polar surface area (TPSA) is 69.6 Å². The van der Waals surface area contributed by atoms with Crippen LogP contribution in [0.5, 0.6) is 0 Å². The van der Waals surface area contributed by atoms with Crippen molar-refractivity contribution in [3.05, 3.63) is 12.0 Å². The highest BCUT2D eigenvalue weighted by atomic mass is 32.2. The van der Waals surface area contributed by atoms with Gasteiger partial charge in [0.25, 0.3) is 0 Å². The molecule has 0 aliphatic rings. The van der Waals surface area contributed by atoms with Gasteiger partial charge >= 0.3 is 0 Å². The van der Waals surface area contributed by atoms with Crippen molar-refractivity contribution in [3.63, 3.8) is 0 Å². The van der Waals surface area contributed by atoms with Crippen molar-refractivity contribution in [3.8, 4) is 0 Å². The van der Waals surface area contributed by atoms with E-state index in [-0.39, 0.29) is 0 Å². The van der Waals surface area contributed by atoms with Crippen molar-refractivity contribution in [2.24, 2.45) is 7.05 Å². The Bertz CT molecular complexity index is 508. The minimum Gasteiger partial charge on any atom is -0.383 e. The molecule has 2 heterocycles.